The highest BCUT2D eigenvalue weighted by molar-refractivity contribution is 5.73. The van der Waals surface area contributed by atoms with Crippen molar-refractivity contribution in [1.29, 1.82) is 0 Å². The first kappa shape index (κ1) is 28.6. The third-order valence-electron chi connectivity index (χ3n) is 7.66. The summed E-state index contributed by atoms with van der Waals surface area (Å²) in [5.41, 5.74) is 2.28. The van der Waals surface area contributed by atoms with E-state index < -0.39 is 5.60 Å². The molecule has 1 aliphatic carbocycles. The molecule has 0 unspecified atom stereocenters. The molecular weight excluding hydrogens is 525 g/mol. The molecule has 3 aromatic rings. The number of ether oxygens (including phenoxy) is 1. The van der Waals surface area contributed by atoms with Gasteiger partial charge in [-0.25, -0.2) is 19.2 Å². The van der Waals surface area contributed by atoms with Crippen molar-refractivity contribution in [2.75, 3.05) is 35.2 Å². The van der Waals surface area contributed by atoms with Gasteiger partial charge in [0, 0.05) is 44.5 Å². The minimum atomic E-state index is -0.556. The Labute approximate surface area is 240 Å². The number of aryl methyl sites for hydroxylation is 3. The summed E-state index contributed by atoms with van der Waals surface area (Å²) in [5, 5.41) is 11.1. The normalized spacial score (nSPS) is 17.8. The van der Waals surface area contributed by atoms with Crippen LogP contribution in [0.25, 0.3) is 0 Å². The fourth-order valence-corrected chi connectivity index (χ4v) is 5.15. The number of piperazine rings is 1. The lowest BCUT2D eigenvalue weighted by Gasteiger charge is -2.41. The van der Waals surface area contributed by atoms with Gasteiger partial charge in [-0.15, -0.1) is 0 Å². The molecule has 0 spiro atoms. The first-order valence-electron chi connectivity index (χ1n) is 14.2. The Morgan fingerprint density at radius 3 is 2.46 bits per heavy atom. The molecule has 0 aromatic carbocycles. The highest BCUT2D eigenvalue weighted by Gasteiger charge is 2.32. The molecule has 2 aliphatic rings. The number of carbonyl (C=O) groups excluding carboxylic acids is 1. The van der Waals surface area contributed by atoms with E-state index in [4.69, 9.17) is 9.72 Å². The van der Waals surface area contributed by atoms with Crippen LogP contribution in [0.3, 0.4) is 0 Å². The SMILES string of the molecule is Cc1nc(Nc2ncc(N3CCN(C(=O)OC(C)(C)C)[C@H](C)C3)c(Nc3cc(C)n(C)n3)n2)cc(C2CCC2)c1F. The van der Waals surface area contributed by atoms with Crippen molar-refractivity contribution in [3.8, 4) is 0 Å². The van der Waals surface area contributed by atoms with Gasteiger partial charge in [0.2, 0.25) is 5.95 Å². The predicted octanol–water partition coefficient (Wildman–Crippen LogP) is 5.56. The highest BCUT2D eigenvalue weighted by atomic mass is 19.1. The van der Waals surface area contributed by atoms with Crippen molar-refractivity contribution >= 4 is 35.2 Å². The first-order valence-corrected chi connectivity index (χ1v) is 14.2. The first-order chi connectivity index (χ1) is 19.4. The Morgan fingerprint density at radius 1 is 1.10 bits per heavy atom. The Bertz CT molecular complexity index is 1410. The number of rotatable bonds is 6. The quantitative estimate of drug-likeness (QED) is 0.396. The second-order valence-electron chi connectivity index (χ2n) is 12.1. The minimum Gasteiger partial charge on any atom is -0.444 e. The van der Waals surface area contributed by atoms with Crippen LogP contribution in [0, 0.1) is 19.7 Å². The number of halogens is 1. The lowest BCUT2D eigenvalue weighted by molar-refractivity contribution is 0.0159. The maximum absolute atomic E-state index is 14.8. The van der Waals surface area contributed by atoms with Crippen molar-refractivity contribution in [2.24, 2.45) is 7.05 Å². The molecule has 12 heteroatoms. The van der Waals surface area contributed by atoms with Gasteiger partial charge >= 0.3 is 6.09 Å². The zero-order chi connectivity index (χ0) is 29.5. The summed E-state index contributed by atoms with van der Waals surface area (Å²) >= 11 is 0. The minimum absolute atomic E-state index is 0.0855. The molecule has 41 heavy (non-hydrogen) atoms. The molecule has 1 amide bonds. The van der Waals surface area contributed by atoms with Gasteiger partial charge in [-0.3, -0.25) is 4.68 Å². The van der Waals surface area contributed by atoms with Gasteiger partial charge < -0.3 is 25.2 Å². The van der Waals surface area contributed by atoms with Crippen LogP contribution in [0.15, 0.2) is 18.3 Å². The number of pyridine rings is 1. The van der Waals surface area contributed by atoms with Gasteiger partial charge in [0.15, 0.2) is 11.6 Å². The van der Waals surface area contributed by atoms with E-state index in [0.29, 0.717) is 54.3 Å². The molecule has 2 fully saturated rings. The Hall–Kier alpha value is -3.96. The topological polar surface area (TPSA) is 113 Å². The maximum atomic E-state index is 14.8. The number of amides is 1. The van der Waals surface area contributed by atoms with Crippen LogP contribution in [0.5, 0.6) is 0 Å². The Kier molecular flexibility index (Phi) is 7.76. The molecule has 3 aromatic heterocycles. The van der Waals surface area contributed by atoms with E-state index in [-0.39, 0.29) is 23.9 Å². The van der Waals surface area contributed by atoms with Gasteiger partial charge in [0.25, 0.3) is 0 Å². The number of nitrogens with zero attached hydrogens (tertiary/aromatic N) is 7. The average molecular weight is 566 g/mol. The van der Waals surface area contributed by atoms with Crippen LogP contribution in [-0.4, -0.2) is 67.0 Å². The number of hydrogen-bond donors (Lipinski definition) is 2. The molecular formula is C29H40FN9O2. The van der Waals surface area contributed by atoms with E-state index in [1.807, 2.05) is 47.7 Å². The molecule has 0 bridgehead atoms. The fraction of sp³-hybridized carbons (Fsp3) is 0.552. The number of anilines is 5. The second kappa shape index (κ2) is 11.1. The van der Waals surface area contributed by atoms with Gasteiger partial charge in [-0.05, 0) is 71.9 Å². The molecule has 1 aliphatic heterocycles. The lowest BCUT2D eigenvalue weighted by atomic mass is 9.80. The monoisotopic (exact) mass is 565 g/mol. The van der Waals surface area contributed by atoms with Crippen molar-refractivity contribution in [3.63, 3.8) is 0 Å². The van der Waals surface area contributed by atoms with Gasteiger partial charge in [-0.1, -0.05) is 6.42 Å². The van der Waals surface area contributed by atoms with E-state index >= 15 is 0 Å². The molecule has 11 nitrogen and oxygen atoms in total. The van der Waals surface area contributed by atoms with Gasteiger partial charge in [-0.2, -0.15) is 10.1 Å². The van der Waals surface area contributed by atoms with Crippen LogP contribution in [0.2, 0.25) is 0 Å². The number of hydrogen-bond acceptors (Lipinski definition) is 9. The van der Waals surface area contributed by atoms with E-state index in [2.05, 4.69) is 30.6 Å². The van der Waals surface area contributed by atoms with Crippen LogP contribution in [-0.2, 0) is 11.8 Å². The van der Waals surface area contributed by atoms with E-state index in [9.17, 15) is 9.18 Å². The Balaban J connectivity index is 1.41. The average Bonchev–Trinajstić information content (AvgIpc) is 3.16. The van der Waals surface area contributed by atoms with Crippen LogP contribution in [0.4, 0.5) is 38.3 Å². The second-order valence-corrected chi connectivity index (χ2v) is 12.1. The van der Waals surface area contributed by atoms with Gasteiger partial charge in [0.1, 0.15) is 17.2 Å². The van der Waals surface area contributed by atoms with Crippen LogP contribution in [0.1, 0.15) is 69.8 Å². The summed E-state index contributed by atoms with van der Waals surface area (Å²) in [4.78, 5) is 30.5. The summed E-state index contributed by atoms with van der Waals surface area (Å²) in [6.07, 6.45) is 4.54. The van der Waals surface area contributed by atoms with Gasteiger partial charge in [0.05, 0.1) is 17.6 Å². The van der Waals surface area contributed by atoms with Crippen molar-refractivity contribution in [3.05, 3.63) is 41.1 Å². The van der Waals surface area contributed by atoms with Crippen molar-refractivity contribution in [2.45, 2.75) is 78.4 Å². The predicted molar refractivity (Wildman–Crippen MR) is 157 cm³/mol. The smallest absolute Gasteiger partial charge is 0.410 e. The molecule has 4 heterocycles. The summed E-state index contributed by atoms with van der Waals surface area (Å²) in [5.74, 6) is 2.06. The largest absolute Gasteiger partial charge is 0.444 e. The van der Waals surface area contributed by atoms with Crippen LogP contribution < -0.4 is 15.5 Å². The molecule has 0 radical (unpaired) electrons. The summed E-state index contributed by atoms with van der Waals surface area (Å²) < 4.78 is 22.2. The third-order valence-corrected chi connectivity index (χ3v) is 7.66. The summed E-state index contributed by atoms with van der Waals surface area (Å²) in [7, 11) is 1.88. The van der Waals surface area contributed by atoms with Crippen molar-refractivity contribution in [1.82, 2.24) is 29.6 Å². The lowest BCUT2D eigenvalue weighted by Crippen LogP contribution is -2.55. The molecule has 1 saturated carbocycles. The van der Waals surface area contributed by atoms with E-state index in [1.54, 1.807) is 28.8 Å². The van der Waals surface area contributed by atoms with Crippen LogP contribution >= 0.6 is 0 Å². The maximum Gasteiger partial charge on any atom is 0.410 e. The van der Waals surface area contributed by atoms with E-state index in [1.165, 1.54) is 0 Å². The Morgan fingerprint density at radius 2 is 1.85 bits per heavy atom. The standard InChI is InChI=1S/C29H40FN9O2/c1-17-13-24(36-37(17)7)33-26-22(38-11-12-39(18(2)16-38)28(40)41-29(4,5)6)15-31-27(35-26)34-23-14-21(20-9-8-10-20)25(30)19(3)32-23/h13-15,18,20H,8-12,16H2,1-7H3,(H2,31,32,33,34,35,36)/t18-/m1/s1. The summed E-state index contributed by atoms with van der Waals surface area (Å²) in [6, 6.07) is 3.63. The molecule has 5 rings (SSSR count). The molecule has 1 saturated heterocycles. The summed E-state index contributed by atoms with van der Waals surface area (Å²) in [6.45, 7) is 12.9. The molecule has 220 valence electrons. The highest BCUT2D eigenvalue weighted by Crippen LogP contribution is 2.39. The molecule has 1 atom stereocenters. The number of aromatic nitrogens is 5. The number of carbonyl (C=O) groups is 1. The van der Waals surface area contributed by atoms with E-state index in [0.717, 1.165) is 30.6 Å². The van der Waals surface area contributed by atoms with Crippen molar-refractivity contribution < 1.29 is 13.9 Å². The molecule has 2 N–H and O–H groups in total. The zero-order valence-corrected chi connectivity index (χ0v) is 25.0. The zero-order valence-electron chi connectivity index (χ0n) is 25.0. The number of nitrogens with one attached hydrogen (secondary N) is 2. The fourth-order valence-electron chi connectivity index (χ4n) is 5.15. The third kappa shape index (κ3) is 6.36.